The van der Waals surface area contributed by atoms with Crippen LogP contribution in [0.4, 0.5) is 0 Å². The molecule has 2 aromatic rings. The van der Waals surface area contributed by atoms with Crippen LogP contribution in [0, 0.1) is 0 Å². The summed E-state index contributed by atoms with van der Waals surface area (Å²) in [6, 6.07) is 11.8. The minimum atomic E-state index is 0.0267. The Labute approximate surface area is 153 Å². The zero-order valence-corrected chi connectivity index (χ0v) is 14.9. The van der Waals surface area contributed by atoms with Crippen molar-refractivity contribution in [1.29, 1.82) is 0 Å². The van der Waals surface area contributed by atoms with Crippen LogP contribution in [0.15, 0.2) is 36.4 Å². The fourth-order valence-electron chi connectivity index (χ4n) is 3.85. The first-order chi connectivity index (χ1) is 12.7. The lowest BCUT2D eigenvalue weighted by Crippen LogP contribution is -2.31. The molecule has 2 aromatic carbocycles. The molecule has 1 aliphatic carbocycles. The summed E-state index contributed by atoms with van der Waals surface area (Å²) in [4.78, 5) is 12.4. The third-order valence-corrected chi connectivity index (χ3v) is 5.16. The van der Waals surface area contributed by atoms with Crippen LogP contribution in [-0.4, -0.2) is 26.4 Å². The Morgan fingerprint density at radius 3 is 3.00 bits per heavy atom. The Morgan fingerprint density at radius 1 is 1.23 bits per heavy atom. The van der Waals surface area contributed by atoms with E-state index in [-0.39, 0.29) is 12.7 Å². The van der Waals surface area contributed by atoms with Gasteiger partial charge in [-0.25, -0.2) is 0 Å². The first-order valence-corrected chi connectivity index (χ1v) is 9.05. The van der Waals surface area contributed by atoms with E-state index in [1.165, 1.54) is 11.1 Å². The van der Waals surface area contributed by atoms with Crippen LogP contribution in [0.3, 0.4) is 0 Å². The average Bonchev–Trinajstić information content (AvgIpc) is 3.13. The van der Waals surface area contributed by atoms with Gasteiger partial charge in [0.05, 0.1) is 13.5 Å². The van der Waals surface area contributed by atoms with Gasteiger partial charge in [-0.05, 0) is 54.2 Å². The number of rotatable bonds is 5. The Kier molecular flexibility index (Phi) is 4.69. The molecule has 0 saturated carbocycles. The molecule has 1 amide bonds. The van der Waals surface area contributed by atoms with Crippen molar-refractivity contribution in [2.75, 3.05) is 20.4 Å². The summed E-state index contributed by atoms with van der Waals surface area (Å²) in [6.07, 6.45) is 3.59. The number of hydrogen-bond donors (Lipinski definition) is 1. The van der Waals surface area contributed by atoms with E-state index in [9.17, 15) is 4.79 Å². The molecule has 5 heteroatoms. The lowest BCUT2D eigenvalue weighted by molar-refractivity contribution is -0.120. The summed E-state index contributed by atoms with van der Waals surface area (Å²) in [6.45, 7) is 0.902. The van der Waals surface area contributed by atoms with Crippen molar-refractivity contribution in [3.8, 4) is 17.2 Å². The van der Waals surface area contributed by atoms with Gasteiger partial charge in [-0.15, -0.1) is 0 Å². The molecule has 0 saturated heterocycles. The van der Waals surface area contributed by atoms with Gasteiger partial charge in [0.15, 0.2) is 11.5 Å². The third-order valence-electron chi connectivity index (χ3n) is 5.16. The number of benzene rings is 2. The number of carbonyl (C=O) groups is 1. The van der Waals surface area contributed by atoms with Crippen LogP contribution in [0.5, 0.6) is 17.2 Å². The van der Waals surface area contributed by atoms with Crippen molar-refractivity contribution in [2.24, 2.45) is 0 Å². The van der Waals surface area contributed by atoms with Crippen LogP contribution < -0.4 is 19.5 Å². The lowest BCUT2D eigenvalue weighted by atomic mass is 9.82. The summed E-state index contributed by atoms with van der Waals surface area (Å²) >= 11 is 0. The van der Waals surface area contributed by atoms with E-state index in [1.807, 2.05) is 30.3 Å². The largest absolute Gasteiger partial charge is 0.496 e. The highest BCUT2D eigenvalue weighted by Crippen LogP contribution is 2.36. The number of ether oxygens (including phenoxy) is 3. The summed E-state index contributed by atoms with van der Waals surface area (Å²) in [5.41, 5.74) is 3.52. The molecule has 1 aliphatic heterocycles. The van der Waals surface area contributed by atoms with Crippen molar-refractivity contribution in [2.45, 2.75) is 31.6 Å². The van der Waals surface area contributed by atoms with Gasteiger partial charge in [0, 0.05) is 12.5 Å². The maximum absolute atomic E-state index is 12.4. The van der Waals surface area contributed by atoms with E-state index < -0.39 is 0 Å². The van der Waals surface area contributed by atoms with Crippen LogP contribution in [-0.2, 0) is 17.6 Å². The second kappa shape index (κ2) is 7.28. The Bertz CT molecular complexity index is 818. The van der Waals surface area contributed by atoms with Gasteiger partial charge in [-0.1, -0.05) is 18.2 Å². The highest BCUT2D eigenvalue weighted by Gasteiger charge is 2.23. The second-order valence-corrected chi connectivity index (χ2v) is 6.79. The number of hydrogen-bond acceptors (Lipinski definition) is 4. The Balaban J connectivity index is 1.38. The standard InChI is InChI=1S/C21H23NO4/c1-24-18-7-3-5-16-15(4-2-6-17(16)18)12-22-21(23)11-14-8-9-19-20(10-14)26-13-25-19/h3,5,7-10,15H,2,4,6,11-13H2,1H3,(H,22,23)/t15-/m1/s1. The number of methoxy groups -OCH3 is 1. The topological polar surface area (TPSA) is 56.8 Å². The molecule has 26 heavy (non-hydrogen) atoms. The smallest absolute Gasteiger partial charge is 0.231 e. The molecule has 0 radical (unpaired) electrons. The van der Waals surface area contributed by atoms with E-state index in [1.54, 1.807) is 7.11 Å². The maximum atomic E-state index is 12.4. The summed E-state index contributed by atoms with van der Waals surface area (Å²) in [5.74, 6) is 2.78. The molecular weight excluding hydrogens is 330 g/mol. The fraction of sp³-hybridized carbons (Fsp3) is 0.381. The van der Waals surface area contributed by atoms with Gasteiger partial charge in [0.1, 0.15) is 5.75 Å². The van der Waals surface area contributed by atoms with Crippen LogP contribution >= 0.6 is 0 Å². The zero-order valence-electron chi connectivity index (χ0n) is 14.9. The molecule has 1 N–H and O–H groups in total. The van der Waals surface area contributed by atoms with Crippen LogP contribution in [0.25, 0.3) is 0 Å². The summed E-state index contributed by atoms with van der Waals surface area (Å²) in [5, 5.41) is 3.10. The molecule has 2 aliphatic rings. The van der Waals surface area contributed by atoms with Crippen LogP contribution in [0.2, 0.25) is 0 Å². The van der Waals surface area contributed by atoms with Crippen molar-refractivity contribution in [3.05, 3.63) is 53.1 Å². The molecule has 0 fully saturated rings. The zero-order chi connectivity index (χ0) is 17.9. The van der Waals surface area contributed by atoms with Crippen molar-refractivity contribution in [1.82, 2.24) is 5.32 Å². The Hall–Kier alpha value is -2.69. The molecule has 0 spiro atoms. The molecule has 1 atom stereocenters. The normalized spacial score (nSPS) is 17.5. The predicted octanol–water partition coefficient (Wildman–Crippen LogP) is 3.20. The average molecular weight is 353 g/mol. The predicted molar refractivity (Wildman–Crippen MR) is 98.0 cm³/mol. The van der Waals surface area contributed by atoms with Gasteiger partial charge in [-0.2, -0.15) is 0 Å². The molecule has 4 rings (SSSR count). The summed E-state index contributed by atoms with van der Waals surface area (Å²) in [7, 11) is 1.71. The van der Waals surface area contributed by atoms with Gasteiger partial charge < -0.3 is 19.5 Å². The van der Waals surface area contributed by atoms with Crippen molar-refractivity contribution >= 4 is 5.91 Å². The molecular formula is C21H23NO4. The van der Waals surface area contributed by atoms with Crippen LogP contribution in [0.1, 0.15) is 35.4 Å². The fourth-order valence-corrected chi connectivity index (χ4v) is 3.85. The van der Waals surface area contributed by atoms with Gasteiger partial charge >= 0.3 is 0 Å². The summed E-state index contributed by atoms with van der Waals surface area (Å²) < 4.78 is 16.2. The van der Waals surface area contributed by atoms with E-state index >= 15 is 0 Å². The number of fused-ring (bicyclic) bond motifs is 2. The number of amides is 1. The second-order valence-electron chi connectivity index (χ2n) is 6.79. The van der Waals surface area contributed by atoms with E-state index in [0.29, 0.717) is 24.6 Å². The monoisotopic (exact) mass is 353 g/mol. The first kappa shape index (κ1) is 16.8. The minimum Gasteiger partial charge on any atom is -0.496 e. The lowest BCUT2D eigenvalue weighted by Gasteiger charge is -2.27. The van der Waals surface area contributed by atoms with Crippen molar-refractivity contribution in [3.63, 3.8) is 0 Å². The molecule has 0 aromatic heterocycles. The van der Waals surface area contributed by atoms with Gasteiger partial charge in [0.25, 0.3) is 0 Å². The maximum Gasteiger partial charge on any atom is 0.231 e. The molecule has 0 unspecified atom stereocenters. The van der Waals surface area contributed by atoms with Crippen molar-refractivity contribution < 1.29 is 19.0 Å². The minimum absolute atomic E-state index is 0.0267. The SMILES string of the molecule is COc1cccc2c1CCC[C@@H]2CNC(=O)Cc1ccc2c(c1)OCO2. The van der Waals surface area contributed by atoms with E-state index in [4.69, 9.17) is 14.2 Å². The number of carbonyl (C=O) groups excluding carboxylic acids is 1. The van der Waals surface area contributed by atoms with Gasteiger partial charge in [-0.3, -0.25) is 4.79 Å². The Morgan fingerprint density at radius 2 is 2.12 bits per heavy atom. The highest BCUT2D eigenvalue weighted by molar-refractivity contribution is 5.79. The highest BCUT2D eigenvalue weighted by atomic mass is 16.7. The van der Waals surface area contributed by atoms with Gasteiger partial charge in [0.2, 0.25) is 12.7 Å². The third kappa shape index (κ3) is 3.34. The molecule has 0 bridgehead atoms. The first-order valence-electron chi connectivity index (χ1n) is 9.05. The molecule has 136 valence electrons. The van der Waals surface area contributed by atoms with E-state index in [0.717, 1.165) is 36.3 Å². The molecule has 1 heterocycles. The van der Waals surface area contributed by atoms with E-state index in [2.05, 4.69) is 11.4 Å². The quantitative estimate of drug-likeness (QED) is 0.897. The number of nitrogens with one attached hydrogen (secondary N) is 1. The molecule has 5 nitrogen and oxygen atoms in total.